The van der Waals surface area contributed by atoms with Gasteiger partial charge in [0.1, 0.15) is 0 Å². The Bertz CT molecular complexity index is 361. The molecule has 19 heavy (non-hydrogen) atoms. The normalized spacial score (nSPS) is 13.1. The molecule has 1 atom stereocenters. The largest absolute Gasteiger partial charge is 0.371 e. The van der Waals surface area contributed by atoms with Crippen LogP contribution in [0.15, 0.2) is 24.3 Å². The van der Waals surface area contributed by atoms with Crippen LogP contribution in [0.4, 0.5) is 5.69 Å². The van der Waals surface area contributed by atoms with Gasteiger partial charge in [0.15, 0.2) is 0 Å². The van der Waals surface area contributed by atoms with Crippen molar-refractivity contribution in [2.45, 2.75) is 40.7 Å². The lowest BCUT2D eigenvalue weighted by Crippen LogP contribution is -2.32. The molecule has 1 aromatic carbocycles. The zero-order chi connectivity index (χ0) is 14.4. The van der Waals surface area contributed by atoms with Crippen LogP contribution in [0.1, 0.15) is 46.2 Å². The van der Waals surface area contributed by atoms with E-state index in [0.29, 0.717) is 17.9 Å². The lowest BCUT2D eigenvalue weighted by atomic mass is 10.0. The predicted molar refractivity (Wildman–Crippen MR) is 85.8 cm³/mol. The van der Waals surface area contributed by atoms with Crippen LogP contribution in [-0.4, -0.2) is 20.1 Å². The molecule has 1 rings (SSSR count). The Kier molecular flexibility index (Phi) is 6.36. The Labute approximate surface area is 119 Å². The summed E-state index contributed by atoms with van der Waals surface area (Å²) in [6, 6.07) is 9.17. The van der Waals surface area contributed by atoms with Crippen LogP contribution in [0.5, 0.6) is 0 Å². The number of nitrogens with one attached hydrogen (secondary N) is 1. The van der Waals surface area contributed by atoms with Crippen LogP contribution in [0.25, 0.3) is 0 Å². The van der Waals surface area contributed by atoms with Gasteiger partial charge in [0.2, 0.25) is 0 Å². The van der Waals surface area contributed by atoms with Crippen molar-refractivity contribution in [1.82, 2.24) is 5.32 Å². The van der Waals surface area contributed by atoms with Crippen molar-refractivity contribution >= 4 is 5.69 Å². The minimum Gasteiger partial charge on any atom is -0.371 e. The van der Waals surface area contributed by atoms with Crippen molar-refractivity contribution in [2.75, 3.05) is 25.0 Å². The van der Waals surface area contributed by atoms with Gasteiger partial charge in [0.05, 0.1) is 0 Å². The fourth-order valence-corrected chi connectivity index (χ4v) is 2.45. The molecule has 0 saturated heterocycles. The van der Waals surface area contributed by atoms with E-state index < -0.39 is 0 Å². The highest BCUT2D eigenvalue weighted by Gasteiger charge is 2.16. The molecule has 0 saturated carbocycles. The Morgan fingerprint density at radius 3 is 1.95 bits per heavy atom. The van der Waals surface area contributed by atoms with E-state index in [1.807, 2.05) is 7.05 Å². The first kappa shape index (κ1) is 16.0. The van der Waals surface area contributed by atoms with Crippen LogP contribution in [0.3, 0.4) is 0 Å². The van der Waals surface area contributed by atoms with Crippen LogP contribution in [-0.2, 0) is 0 Å². The van der Waals surface area contributed by atoms with E-state index in [0.717, 1.165) is 13.1 Å². The maximum Gasteiger partial charge on any atom is 0.0414 e. The summed E-state index contributed by atoms with van der Waals surface area (Å²) in [5.74, 6) is 1.35. The van der Waals surface area contributed by atoms with Gasteiger partial charge in [-0.15, -0.1) is 0 Å². The molecule has 0 aliphatic heterocycles. The highest BCUT2D eigenvalue weighted by atomic mass is 15.1. The Hall–Kier alpha value is -1.02. The summed E-state index contributed by atoms with van der Waals surface area (Å²) in [6.07, 6.45) is 0. The van der Waals surface area contributed by atoms with Crippen molar-refractivity contribution in [2.24, 2.45) is 11.8 Å². The first-order valence-corrected chi connectivity index (χ1v) is 7.46. The molecule has 1 N–H and O–H groups in total. The maximum absolute atomic E-state index is 3.36. The van der Waals surface area contributed by atoms with Gasteiger partial charge in [-0.1, -0.05) is 45.9 Å². The zero-order valence-electron chi connectivity index (χ0n) is 13.4. The average Bonchev–Trinajstić information content (AvgIpc) is 2.36. The molecule has 2 heteroatoms. The molecule has 2 nitrogen and oxygen atoms in total. The summed E-state index contributed by atoms with van der Waals surface area (Å²) in [5.41, 5.74) is 2.78. The molecule has 108 valence electrons. The summed E-state index contributed by atoms with van der Waals surface area (Å²) in [4.78, 5) is 2.54. The molecular formula is C17H30N2. The van der Waals surface area contributed by atoms with Crippen LogP contribution in [0.2, 0.25) is 0 Å². The van der Waals surface area contributed by atoms with E-state index in [-0.39, 0.29) is 0 Å². The fourth-order valence-electron chi connectivity index (χ4n) is 2.45. The van der Waals surface area contributed by atoms with Crippen molar-refractivity contribution < 1.29 is 0 Å². The fraction of sp³-hybridized carbons (Fsp3) is 0.647. The predicted octanol–water partition coefficient (Wildman–Crippen LogP) is 4.09. The Morgan fingerprint density at radius 1 is 0.947 bits per heavy atom. The third-order valence-corrected chi connectivity index (χ3v) is 3.35. The first-order valence-electron chi connectivity index (χ1n) is 7.46. The van der Waals surface area contributed by atoms with Gasteiger partial charge in [0.25, 0.3) is 0 Å². The molecule has 0 aromatic heterocycles. The second-order valence-electron chi connectivity index (χ2n) is 6.26. The number of nitrogens with zero attached hydrogens (tertiary/aromatic N) is 1. The number of para-hydroxylation sites is 1. The average molecular weight is 262 g/mol. The van der Waals surface area contributed by atoms with Crippen molar-refractivity contribution in [3.8, 4) is 0 Å². The van der Waals surface area contributed by atoms with E-state index in [2.05, 4.69) is 69.1 Å². The van der Waals surface area contributed by atoms with Gasteiger partial charge in [-0.25, -0.2) is 0 Å². The third-order valence-electron chi connectivity index (χ3n) is 3.35. The lowest BCUT2D eigenvalue weighted by Gasteiger charge is -2.31. The minimum atomic E-state index is 0.387. The standard InChI is InChI=1S/C17H30N2/c1-13(2)11-19(12-14(3)4)17-10-8-7-9-16(17)15(5)18-6/h7-10,13-15,18H,11-12H2,1-6H3. The maximum atomic E-state index is 3.36. The number of rotatable bonds is 7. The zero-order valence-corrected chi connectivity index (χ0v) is 13.4. The quantitative estimate of drug-likeness (QED) is 0.796. The Balaban J connectivity index is 3.06. The highest BCUT2D eigenvalue weighted by Crippen LogP contribution is 2.27. The monoisotopic (exact) mass is 262 g/mol. The van der Waals surface area contributed by atoms with Crippen LogP contribution < -0.4 is 10.2 Å². The highest BCUT2D eigenvalue weighted by molar-refractivity contribution is 5.55. The van der Waals surface area contributed by atoms with Gasteiger partial charge in [0, 0.05) is 24.8 Å². The molecule has 1 aromatic rings. The molecule has 0 amide bonds. The van der Waals surface area contributed by atoms with Gasteiger partial charge in [-0.3, -0.25) is 0 Å². The second kappa shape index (κ2) is 7.54. The summed E-state index contributed by atoms with van der Waals surface area (Å²) >= 11 is 0. The summed E-state index contributed by atoms with van der Waals surface area (Å²) in [6.45, 7) is 13.6. The molecule has 0 bridgehead atoms. The number of benzene rings is 1. The van der Waals surface area contributed by atoms with Gasteiger partial charge < -0.3 is 10.2 Å². The summed E-state index contributed by atoms with van der Waals surface area (Å²) in [7, 11) is 2.02. The van der Waals surface area contributed by atoms with Crippen molar-refractivity contribution in [3.63, 3.8) is 0 Å². The molecule has 0 spiro atoms. The van der Waals surface area contributed by atoms with Gasteiger partial charge in [-0.05, 0) is 37.4 Å². The van der Waals surface area contributed by atoms with E-state index in [1.165, 1.54) is 11.3 Å². The number of hydrogen-bond acceptors (Lipinski definition) is 2. The molecular weight excluding hydrogens is 232 g/mol. The summed E-state index contributed by atoms with van der Waals surface area (Å²) < 4.78 is 0. The Morgan fingerprint density at radius 2 is 1.47 bits per heavy atom. The molecule has 0 heterocycles. The SMILES string of the molecule is CNC(C)c1ccccc1N(CC(C)C)CC(C)C. The van der Waals surface area contributed by atoms with Crippen molar-refractivity contribution in [3.05, 3.63) is 29.8 Å². The lowest BCUT2D eigenvalue weighted by molar-refractivity contribution is 0.547. The van der Waals surface area contributed by atoms with E-state index in [9.17, 15) is 0 Å². The van der Waals surface area contributed by atoms with Crippen LogP contribution >= 0.6 is 0 Å². The topological polar surface area (TPSA) is 15.3 Å². The minimum absolute atomic E-state index is 0.387. The van der Waals surface area contributed by atoms with Gasteiger partial charge in [-0.2, -0.15) is 0 Å². The molecule has 0 aliphatic rings. The second-order valence-corrected chi connectivity index (χ2v) is 6.26. The van der Waals surface area contributed by atoms with Crippen LogP contribution in [0, 0.1) is 11.8 Å². The third kappa shape index (κ3) is 4.87. The first-order chi connectivity index (χ1) is 8.95. The molecule has 0 fully saturated rings. The van der Waals surface area contributed by atoms with Gasteiger partial charge >= 0.3 is 0 Å². The number of hydrogen-bond donors (Lipinski definition) is 1. The smallest absolute Gasteiger partial charge is 0.0414 e. The van der Waals surface area contributed by atoms with E-state index in [1.54, 1.807) is 0 Å². The molecule has 0 aliphatic carbocycles. The van der Waals surface area contributed by atoms with E-state index >= 15 is 0 Å². The number of anilines is 1. The van der Waals surface area contributed by atoms with E-state index in [4.69, 9.17) is 0 Å². The summed E-state index contributed by atoms with van der Waals surface area (Å²) in [5, 5.41) is 3.36. The molecule has 1 unspecified atom stereocenters. The molecule has 0 radical (unpaired) electrons. The van der Waals surface area contributed by atoms with Crippen molar-refractivity contribution in [1.29, 1.82) is 0 Å².